The molecule has 6 aliphatic rings. The lowest BCUT2D eigenvalue weighted by Gasteiger charge is -2.40. The van der Waals surface area contributed by atoms with Crippen LogP contribution in [0.4, 0.5) is 21.5 Å². The van der Waals surface area contributed by atoms with Crippen LogP contribution in [0.2, 0.25) is 0 Å². The number of aromatic nitrogens is 1. The minimum atomic E-state index is -1.16. The van der Waals surface area contributed by atoms with Gasteiger partial charge in [-0.25, -0.2) is 4.39 Å². The Hall–Kier alpha value is -6.88. The molecule has 1 aromatic heterocycles. The Morgan fingerprint density at radius 3 is 2.18 bits per heavy atom. The van der Waals surface area contributed by atoms with E-state index in [4.69, 9.17) is 14.5 Å². The summed E-state index contributed by atoms with van der Waals surface area (Å²) >= 11 is 0. The summed E-state index contributed by atoms with van der Waals surface area (Å²) in [5, 5.41) is 8.97. The number of ether oxygens (including phenoxy) is 2. The number of piperazine rings is 1. The number of hydrogen-bond donors (Lipinski definition) is 3. The number of anilines is 3. The number of pyridine rings is 1. The number of nitrogens with zero attached hydrogens (tertiary/aromatic N) is 6. The summed E-state index contributed by atoms with van der Waals surface area (Å²) in [5.74, 6) is 1.03. The monoisotopic (exact) mass is 989 g/mol. The van der Waals surface area contributed by atoms with Crippen LogP contribution in [0, 0.1) is 17.2 Å². The Morgan fingerprint density at radius 1 is 0.781 bits per heavy atom. The van der Waals surface area contributed by atoms with Crippen molar-refractivity contribution >= 4 is 57.3 Å². The summed E-state index contributed by atoms with van der Waals surface area (Å²) in [6.07, 6.45) is 7.93. The molecule has 0 spiro atoms. The quantitative estimate of drug-likeness (QED) is 0.0708. The number of rotatable bonds is 15. The van der Waals surface area contributed by atoms with E-state index in [1.54, 1.807) is 37.6 Å². The summed E-state index contributed by atoms with van der Waals surface area (Å²) < 4.78 is 25.7. The maximum Gasteiger partial charge on any atom is 0.249 e. The van der Waals surface area contributed by atoms with Gasteiger partial charge in [0.1, 0.15) is 34.5 Å². The van der Waals surface area contributed by atoms with Crippen molar-refractivity contribution < 1.29 is 33.0 Å². The highest BCUT2D eigenvalue weighted by Crippen LogP contribution is 2.48. The van der Waals surface area contributed by atoms with E-state index in [-0.39, 0.29) is 23.8 Å². The molecule has 16 heteroatoms. The molecule has 1 atom stereocenters. The highest BCUT2D eigenvalue weighted by Gasteiger charge is 2.56. The van der Waals surface area contributed by atoms with Gasteiger partial charge in [-0.2, -0.15) is 0 Å². The van der Waals surface area contributed by atoms with Crippen molar-refractivity contribution in [3.8, 4) is 17.2 Å². The first-order chi connectivity index (χ1) is 35.5. The van der Waals surface area contributed by atoms with E-state index in [9.17, 15) is 23.6 Å². The van der Waals surface area contributed by atoms with Crippen LogP contribution >= 0.6 is 0 Å². The maximum absolute atomic E-state index is 13.3. The van der Waals surface area contributed by atoms with Gasteiger partial charge in [0.15, 0.2) is 0 Å². The molecule has 4 aromatic carbocycles. The SMILES string of the molecule is C=C1c2ccc3c(c2CN1C1CCC(=O)NC1=O)CN(CCCN1CCN(CC2CCN(c4cc5nccc(Oc6ccc(NC(=O)C7(C(=O)Nc8ccc(F)cc8)CC7)cc6)c5cc4OC)CC2)CC1)CC3. The Balaban J connectivity index is 0.622. The van der Waals surface area contributed by atoms with Gasteiger partial charge < -0.3 is 39.7 Å². The lowest BCUT2D eigenvalue weighted by atomic mass is 9.92. The summed E-state index contributed by atoms with van der Waals surface area (Å²) in [6.45, 7) is 16.7. The fraction of sp³-hybridized carbons (Fsp3) is 0.421. The molecule has 4 fully saturated rings. The average molecular weight is 990 g/mol. The summed E-state index contributed by atoms with van der Waals surface area (Å²) in [5.41, 5.74) is 7.81. The molecular weight excluding hydrogens is 926 g/mol. The molecule has 3 N–H and O–H groups in total. The minimum absolute atomic E-state index is 0.190. The molecule has 0 bridgehead atoms. The van der Waals surface area contributed by atoms with Crippen LogP contribution in [0.15, 0.2) is 91.6 Å². The molecular formula is C57H64FN9O6. The third-order valence-electron chi connectivity index (χ3n) is 16.1. The molecule has 380 valence electrons. The molecule has 6 heterocycles. The summed E-state index contributed by atoms with van der Waals surface area (Å²) in [4.78, 5) is 68.0. The molecule has 0 radical (unpaired) electrons. The van der Waals surface area contributed by atoms with Gasteiger partial charge in [-0.15, -0.1) is 0 Å². The Morgan fingerprint density at radius 2 is 1.48 bits per heavy atom. The largest absolute Gasteiger partial charge is 0.495 e. The van der Waals surface area contributed by atoms with Crippen LogP contribution in [-0.4, -0.2) is 127 Å². The number of amides is 4. The van der Waals surface area contributed by atoms with Crippen molar-refractivity contribution in [2.24, 2.45) is 11.3 Å². The van der Waals surface area contributed by atoms with Crippen LogP contribution in [-0.2, 0) is 38.7 Å². The third kappa shape index (κ3) is 10.2. The first-order valence-corrected chi connectivity index (χ1v) is 26.0. The first-order valence-electron chi connectivity index (χ1n) is 26.0. The Kier molecular flexibility index (Phi) is 13.6. The number of carbonyl (C=O) groups is 4. The molecule has 1 aliphatic carbocycles. The lowest BCUT2D eigenvalue weighted by molar-refractivity contribution is -0.137. The van der Waals surface area contributed by atoms with Crippen molar-refractivity contribution in [2.45, 2.75) is 70.5 Å². The number of imide groups is 1. The van der Waals surface area contributed by atoms with Gasteiger partial charge in [0.2, 0.25) is 23.6 Å². The van der Waals surface area contributed by atoms with Gasteiger partial charge >= 0.3 is 0 Å². The molecule has 1 unspecified atom stereocenters. The summed E-state index contributed by atoms with van der Waals surface area (Å²) in [7, 11) is 1.70. The van der Waals surface area contributed by atoms with Crippen molar-refractivity contribution in [3.63, 3.8) is 0 Å². The fourth-order valence-corrected chi connectivity index (χ4v) is 11.6. The molecule has 15 nitrogen and oxygen atoms in total. The number of carbonyl (C=O) groups excluding carboxylic acids is 4. The van der Waals surface area contributed by atoms with E-state index in [2.05, 4.69) is 65.2 Å². The smallest absolute Gasteiger partial charge is 0.249 e. The standard InChI is InChI=1S/C57H64FN9O6/c1-37-44-13-4-39-19-25-64(35-46(39)47(44)36-67(37)49-14-15-53(68)62-54(49)69)24-3-23-63-28-30-65(31-29-63)34-38-17-26-66(27-18-38)50-33-48-45(32-52(50)72-2)51(16-22-59-48)73-43-11-9-42(10-12-43)61-56(71)57(20-21-57)55(70)60-41-7-5-40(58)6-8-41/h4-13,16,22,32-33,38,49H,1,3,14-15,17-21,23-31,34-36H2,2H3,(H,60,70)(H,61,71)(H,62,68,69). The van der Waals surface area contributed by atoms with Gasteiger partial charge in [0, 0.05) is 106 Å². The van der Waals surface area contributed by atoms with Gasteiger partial charge in [-0.3, -0.25) is 34.4 Å². The second-order valence-electron chi connectivity index (χ2n) is 20.7. The number of piperidine rings is 2. The number of fused-ring (bicyclic) bond motifs is 4. The van der Waals surface area contributed by atoms with E-state index in [1.807, 2.05) is 12.1 Å². The predicted octanol–water partition coefficient (Wildman–Crippen LogP) is 7.41. The van der Waals surface area contributed by atoms with Gasteiger partial charge in [-0.1, -0.05) is 18.7 Å². The van der Waals surface area contributed by atoms with Crippen molar-refractivity contribution in [1.82, 2.24) is 29.9 Å². The lowest BCUT2D eigenvalue weighted by Crippen LogP contribution is -2.50. The van der Waals surface area contributed by atoms with E-state index >= 15 is 0 Å². The van der Waals surface area contributed by atoms with Crippen LogP contribution in [0.1, 0.15) is 67.2 Å². The topological polar surface area (TPSA) is 152 Å². The Labute approximate surface area is 425 Å². The van der Waals surface area contributed by atoms with Crippen LogP contribution in [0.3, 0.4) is 0 Å². The van der Waals surface area contributed by atoms with Gasteiger partial charge in [0.25, 0.3) is 0 Å². The maximum atomic E-state index is 13.3. The van der Waals surface area contributed by atoms with Crippen molar-refractivity contribution in [3.05, 3.63) is 120 Å². The molecule has 11 rings (SSSR count). The Bertz CT molecular complexity index is 2930. The van der Waals surface area contributed by atoms with E-state index in [0.717, 1.165) is 131 Å². The molecule has 5 aromatic rings. The van der Waals surface area contributed by atoms with Crippen LogP contribution in [0.5, 0.6) is 17.2 Å². The highest BCUT2D eigenvalue weighted by molar-refractivity contribution is 6.17. The zero-order chi connectivity index (χ0) is 50.2. The zero-order valence-electron chi connectivity index (χ0n) is 41.6. The molecule has 5 aliphatic heterocycles. The molecule has 1 saturated carbocycles. The number of benzene rings is 4. The summed E-state index contributed by atoms with van der Waals surface area (Å²) in [6, 6.07) is 22.6. The van der Waals surface area contributed by atoms with E-state index < -0.39 is 17.1 Å². The van der Waals surface area contributed by atoms with E-state index in [1.165, 1.54) is 41.0 Å². The third-order valence-corrected chi connectivity index (χ3v) is 16.1. The van der Waals surface area contributed by atoms with E-state index in [0.29, 0.717) is 61.0 Å². The number of halogens is 1. The van der Waals surface area contributed by atoms with Gasteiger partial charge in [-0.05, 0) is 147 Å². The second-order valence-corrected chi connectivity index (χ2v) is 20.7. The number of methoxy groups -OCH3 is 1. The molecule has 73 heavy (non-hydrogen) atoms. The fourth-order valence-electron chi connectivity index (χ4n) is 11.6. The van der Waals surface area contributed by atoms with Crippen molar-refractivity contribution in [2.75, 3.05) is 88.1 Å². The van der Waals surface area contributed by atoms with Crippen LogP contribution in [0.25, 0.3) is 16.6 Å². The van der Waals surface area contributed by atoms with Crippen molar-refractivity contribution in [1.29, 1.82) is 0 Å². The minimum Gasteiger partial charge on any atom is -0.495 e. The predicted molar refractivity (Wildman–Crippen MR) is 279 cm³/mol. The average Bonchev–Trinajstić information content (AvgIpc) is 4.16. The first kappa shape index (κ1) is 48.4. The van der Waals surface area contributed by atoms with Gasteiger partial charge in [0.05, 0.1) is 18.3 Å². The highest BCUT2D eigenvalue weighted by atomic mass is 19.1. The zero-order valence-corrected chi connectivity index (χ0v) is 41.6. The number of hydrogen-bond acceptors (Lipinski definition) is 12. The normalized spacial score (nSPS) is 20.4. The second kappa shape index (κ2) is 20.6. The van der Waals surface area contributed by atoms with Crippen LogP contribution < -0.4 is 30.3 Å². The number of nitrogens with one attached hydrogen (secondary N) is 3. The molecule has 4 amide bonds. The molecule has 3 saturated heterocycles.